The van der Waals surface area contributed by atoms with Crippen molar-refractivity contribution in [2.45, 2.75) is 62.7 Å². The van der Waals surface area contributed by atoms with Gasteiger partial charge >= 0.3 is 35.0 Å². The van der Waals surface area contributed by atoms with E-state index in [1.165, 1.54) is 72.8 Å². The third kappa shape index (κ3) is 7.89. The van der Waals surface area contributed by atoms with Gasteiger partial charge in [-0.05, 0) is 98.0 Å². The largest absolute Gasteiger partial charge is 0.393 e. The van der Waals surface area contributed by atoms with Crippen molar-refractivity contribution in [2.24, 2.45) is 17.0 Å². The summed E-state index contributed by atoms with van der Waals surface area (Å²) in [6.07, 6.45) is 6.61. The Labute approximate surface area is 409 Å². The van der Waals surface area contributed by atoms with Crippen LogP contribution in [0.1, 0.15) is 61.3 Å². The SMILES string of the molecule is Cc1ccc(C2=C3C=CC(=N3)C(c3ccc(C)cc3)=c3ccc([nH]3)=C(c3ccc(C)cc3)C3=NC(=C(c4ccc(C)cc4)c4c(C(F)(F)C(F)(F)C(F)(F)C(F)(F)C(F)(F)C(F)(F)Cl)c2cn4C)C=C3)cc1. The number of H-pyrrole nitrogens is 1. The van der Waals surface area contributed by atoms with Gasteiger partial charge in [-0.1, -0.05) is 119 Å². The molecule has 0 amide bonds. The van der Waals surface area contributed by atoms with Crippen LogP contribution in [0.25, 0.3) is 22.3 Å². The molecule has 4 nitrogen and oxygen atoms in total. The Morgan fingerprint density at radius 2 is 0.778 bits per heavy atom. The van der Waals surface area contributed by atoms with Crippen molar-refractivity contribution in [3.8, 4) is 0 Å². The van der Waals surface area contributed by atoms with Crippen LogP contribution in [0, 0.1) is 27.7 Å². The van der Waals surface area contributed by atoms with E-state index in [1.54, 1.807) is 26.0 Å². The number of rotatable bonds is 10. The molecule has 0 fully saturated rings. The molecule has 6 aromatic rings. The normalized spacial score (nSPS) is 15.8. The number of hydrogen-bond acceptors (Lipinski definition) is 2. The smallest absolute Gasteiger partial charge is 0.354 e. The van der Waals surface area contributed by atoms with Gasteiger partial charge in [-0.3, -0.25) is 0 Å². The molecule has 0 atom stereocenters. The molecule has 3 aliphatic heterocycles. The van der Waals surface area contributed by atoms with E-state index in [-0.39, 0.29) is 33.9 Å². The van der Waals surface area contributed by atoms with E-state index in [1.807, 2.05) is 62.4 Å². The minimum atomic E-state index is -7.94. The Kier molecular flexibility index (Phi) is 12.0. The highest BCUT2D eigenvalue weighted by molar-refractivity contribution is 6.31. The second-order valence-electron chi connectivity index (χ2n) is 17.9. The molecule has 17 heteroatoms. The molecule has 4 aromatic carbocycles. The van der Waals surface area contributed by atoms with E-state index in [2.05, 4.69) is 16.6 Å². The van der Waals surface area contributed by atoms with Gasteiger partial charge in [-0.15, -0.1) is 0 Å². The van der Waals surface area contributed by atoms with E-state index in [9.17, 15) is 17.6 Å². The number of hydrogen-bond donors (Lipinski definition) is 1. The predicted octanol–water partition coefficient (Wildman–Crippen LogP) is 13.7. The molecule has 0 saturated carbocycles. The molecular formula is C55H39ClF12N4. The number of aromatic amines is 1. The van der Waals surface area contributed by atoms with Crippen LogP contribution < -0.4 is 10.7 Å². The van der Waals surface area contributed by atoms with Gasteiger partial charge in [0.15, 0.2) is 0 Å². The first kappa shape index (κ1) is 49.9. The van der Waals surface area contributed by atoms with E-state index >= 15 is 35.1 Å². The zero-order chi connectivity index (χ0) is 52.1. The third-order valence-corrected chi connectivity index (χ3v) is 13.1. The van der Waals surface area contributed by atoms with Gasteiger partial charge in [0.05, 0.1) is 34.1 Å². The van der Waals surface area contributed by atoms with Crippen LogP contribution in [-0.4, -0.2) is 50.0 Å². The van der Waals surface area contributed by atoms with Crippen LogP contribution in [-0.2, 0) is 13.0 Å². The van der Waals surface area contributed by atoms with Gasteiger partial charge in [-0.2, -0.15) is 52.7 Å². The van der Waals surface area contributed by atoms with Crippen LogP contribution in [0.2, 0.25) is 0 Å². The van der Waals surface area contributed by atoms with Gasteiger partial charge in [0.1, 0.15) is 0 Å². The first-order valence-electron chi connectivity index (χ1n) is 22.1. The molecule has 9 rings (SSSR count). The average molecular weight is 1020 g/mol. The van der Waals surface area contributed by atoms with Crippen molar-refractivity contribution >= 4 is 45.3 Å². The first-order valence-corrected chi connectivity index (χ1v) is 22.5. The fourth-order valence-corrected chi connectivity index (χ4v) is 9.06. The number of nitrogens with one attached hydrogen (secondary N) is 1. The number of aliphatic imine (C=N–C) groups is 2. The fourth-order valence-electron chi connectivity index (χ4n) is 8.94. The van der Waals surface area contributed by atoms with Crippen molar-refractivity contribution in [1.82, 2.24) is 9.55 Å². The van der Waals surface area contributed by atoms with Crippen molar-refractivity contribution in [3.05, 3.63) is 223 Å². The summed E-state index contributed by atoms with van der Waals surface area (Å²) in [6, 6.07) is 29.9. The second kappa shape index (κ2) is 17.3. The lowest BCUT2D eigenvalue weighted by Gasteiger charge is -2.40. The highest BCUT2D eigenvalue weighted by Crippen LogP contribution is 2.64. The lowest BCUT2D eigenvalue weighted by molar-refractivity contribution is -0.419. The summed E-state index contributed by atoms with van der Waals surface area (Å²) in [6.45, 7) is 7.09. The zero-order valence-corrected chi connectivity index (χ0v) is 39.3. The highest BCUT2D eigenvalue weighted by atomic mass is 35.5. The Morgan fingerprint density at radius 3 is 1.17 bits per heavy atom. The summed E-state index contributed by atoms with van der Waals surface area (Å²) in [5.41, 5.74) is 0.188. The van der Waals surface area contributed by atoms with E-state index in [4.69, 9.17) is 9.98 Å². The average Bonchev–Trinajstić information content (AvgIpc) is 4.15. The Hall–Kier alpha value is -7.07. The quantitative estimate of drug-likeness (QED) is 0.105. The lowest BCUT2D eigenvalue weighted by atomic mass is 9.83. The van der Waals surface area contributed by atoms with Gasteiger partial charge in [0.25, 0.3) is 0 Å². The van der Waals surface area contributed by atoms with Crippen molar-refractivity contribution in [1.29, 1.82) is 0 Å². The molecular weight excluding hydrogens is 980 g/mol. The Bertz CT molecular complexity index is 3490. The number of aromatic nitrogens is 2. The molecule has 0 spiro atoms. The summed E-state index contributed by atoms with van der Waals surface area (Å²) in [4.78, 5) is 13.3. The highest BCUT2D eigenvalue weighted by Gasteiger charge is 2.90. The number of alkyl halides is 13. The molecule has 8 bridgehead atoms. The lowest BCUT2D eigenvalue weighted by Crippen LogP contribution is -2.69. The Morgan fingerprint density at radius 1 is 0.431 bits per heavy atom. The number of fused-ring (bicyclic) bond motifs is 6. The maximum Gasteiger partial charge on any atom is 0.393 e. The van der Waals surface area contributed by atoms with E-state index < -0.39 is 63.0 Å². The van der Waals surface area contributed by atoms with Gasteiger partial charge in [-0.25, -0.2) is 9.98 Å². The summed E-state index contributed by atoms with van der Waals surface area (Å²) < 4.78 is 190. The summed E-state index contributed by atoms with van der Waals surface area (Å²) in [5.74, 6) is -37.6. The minimum Gasteiger partial charge on any atom is -0.354 e. The first-order chi connectivity index (χ1) is 33.7. The maximum atomic E-state index is 17.9. The van der Waals surface area contributed by atoms with Crippen LogP contribution in [0.3, 0.4) is 0 Å². The molecule has 0 unspecified atom stereocenters. The molecule has 370 valence electrons. The van der Waals surface area contributed by atoms with Crippen molar-refractivity contribution < 1.29 is 52.7 Å². The van der Waals surface area contributed by atoms with E-state index in [0.717, 1.165) is 28.9 Å². The van der Waals surface area contributed by atoms with Gasteiger partial charge in [0.2, 0.25) is 0 Å². The van der Waals surface area contributed by atoms with Crippen LogP contribution >= 0.6 is 11.6 Å². The monoisotopic (exact) mass is 1020 g/mol. The Balaban J connectivity index is 1.49. The maximum absolute atomic E-state index is 17.9. The summed E-state index contributed by atoms with van der Waals surface area (Å²) >= 11 is 4.14. The number of allylic oxidation sites excluding steroid dienone is 4. The van der Waals surface area contributed by atoms with Crippen LogP contribution in [0.4, 0.5) is 52.7 Å². The van der Waals surface area contributed by atoms with Gasteiger partial charge in [0, 0.05) is 51.8 Å². The number of aryl methyl sites for hydroxylation is 5. The molecule has 0 radical (unpaired) electrons. The topological polar surface area (TPSA) is 45.4 Å². The molecule has 5 heterocycles. The molecule has 1 N–H and O–H groups in total. The van der Waals surface area contributed by atoms with E-state index in [0.29, 0.717) is 44.1 Å². The molecule has 3 aliphatic rings. The summed E-state index contributed by atoms with van der Waals surface area (Å²) in [5, 5.41) is -5.62. The molecule has 72 heavy (non-hydrogen) atoms. The zero-order valence-electron chi connectivity index (χ0n) is 38.5. The van der Waals surface area contributed by atoms with Crippen molar-refractivity contribution in [2.75, 3.05) is 0 Å². The third-order valence-electron chi connectivity index (χ3n) is 12.8. The van der Waals surface area contributed by atoms with Crippen LogP contribution in [0.5, 0.6) is 0 Å². The number of benzene rings is 4. The molecule has 2 aromatic heterocycles. The van der Waals surface area contributed by atoms with Crippen LogP contribution in [0.15, 0.2) is 161 Å². The minimum absolute atomic E-state index is 0.0173. The standard InChI is InChI=1S/C55H39ClF12N4/c1-29-6-14-33(15-7-29)44-37-28-72(5)49(48(37)50(57,58)51(59,60)52(61,62)53(63,64)54(65,66)55(56,67)68)47(36-20-12-32(4)13-21-36)43-27-26-42(71-43)46(35-18-10-31(3)11-19-35)41-25-24-40(70-41)45(39-23-22-38(44)69-39)34-16-8-30(2)9-17-34/h6-28,70H,1-5H3. The van der Waals surface area contributed by atoms with Crippen molar-refractivity contribution in [3.63, 3.8) is 0 Å². The second-order valence-corrected chi connectivity index (χ2v) is 18.4. The fraction of sp³-hybridized carbons (Fsp3) is 0.200. The molecule has 0 aliphatic carbocycles. The number of nitrogens with zero attached hydrogens (tertiary/aromatic N) is 3. The predicted molar refractivity (Wildman–Crippen MR) is 255 cm³/mol. The summed E-state index contributed by atoms with van der Waals surface area (Å²) in [7, 11) is 1.10. The number of halogens is 13. The molecule has 0 saturated heterocycles. The van der Waals surface area contributed by atoms with Gasteiger partial charge < -0.3 is 9.55 Å².